The molecule has 3 atom stereocenters. The zero-order valence-electron chi connectivity index (χ0n) is 10.3. The molecule has 17 heavy (non-hydrogen) atoms. The molecule has 3 unspecified atom stereocenters. The fraction of sp³-hybridized carbons (Fsp3) is 0.615. The number of anilines is 1. The first kappa shape index (κ1) is 12.7. The summed E-state index contributed by atoms with van der Waals surface area (Å²) in [5, 5.41) is 0. The highest BCUT2D eigenvalue weighted by atomic mass is 79.9. The van der Waals surface area contributed by atoms with Gasteiger partial charge in [-0.1, -0.05) is 13.8 Å². The third-order valence-electron chi connectivity index (χ3n) is 3.67. The maximum absolute atomic E-state index is 5.90. The molecule has 0 aromatic carbocycles. The first-order chi connectivity index (χ1) is 8.06. The molecule has 1 heterocycles. The molecule has 0 bridgehead atoms. The van der Waals surface area contributed by atoms with Gasteiger partial charge in [-0.3, -0.25) is 0 Å². The first-order valence-electron chi connectivity index (χ1n) is 6.14. The van der Waals surface area contributed by atoms with Crippen LogP contribution in [-0.2, 0) is 0 Å². The number of nitrogens with zero attached hydrogens (tertiary/aromatic N) is 1. The molecular weight excluding hydrogens is 280 g/mol. The Kier molecular flexibility index (Phi) is 3.92. The smallest absolute Gasteiger partial charge is 0.237 e. The summed E-state index contributed by atoms with van der Waals surface area (Å²) >= 11 is 3.34. The molecule has 0 radical (unpaired) electrons. The number of aromatic nitrogens is 1. The molecule has 0 aliphatic heterocycles. The molecule has 1 aliphatic carbocycles. The number of pyridine rings is 1. The predicted molar refractivity (Wildman–Crippen MR) is 72.9 cm³/mol. The maximum atomic E-state index is 5.90. The van der Waals surface area contributed by atoms with E-state index in [-0.39, 0.29) is 6.10 Å². The molecule has 94 valence electrons. The Morgan fingerprint density at radius 2 is 2.12 bits per heavy atom. The number of nitrogens with two attached hydrogens (primary N) is 1. The Bertz CT molecular complexity index is 397. The number of rotatable bonds is 2. The van der Waals surface area contributed by atoms with Crippen LogP contribution in [0.1, 0.15) is 33.1 Å². The molecule has 1 aliphatic rings. The fourth-order valence-electron chi connectivity index (χ4n) is 2.30. The van der Waals surface area contributed by atoms with Crippen molar-refractivity contribution < 1.29 is 4.74 Å². The molecule has 1 saturated carbocycles. The summed E-state index contributed by atoms with van der Waals surface area (Å²) in [6.07, 6.45) is 5.40. The quantitative estimate of drug-likeness (QED) is 0.907. The zero-order valence-corrected chi connectivity index (χ0v) is 11.9. The minimum absolute atomic E-state index is 0.261. The molecule has 1 aromatic heterocycles. The van der Waals surface area contributed by atoms with Crippen LogP contribution in [0.15, 0.2) is 16.7 Å². The van der Waals surface area contributed by atoms with Crippen LogP contribution in [0.3, 0.4) is 0 Å². The summed E-state index contributed by atoms with van der Waals surface area (Å²) < 4.78 is 6.79. The highest BCUT2D eigenvalue weighted by Crippen LogP contribution is 2.33. The number of halogens is 1. The topological polar surface area (TPSA) is 48.1 Å². The summed E-state index contributed by atoms with van der Waals surface area (Å²) in [4.78, 5) is 4.22. The minimum Gasteiger partial charge on any atom is -0.473 e. The van der Waals surface area contributed by atoms with Crippen molar-refractivity contribution in [3.63, 3.8) is 0 Å². The van der Waals surface area contributed by atoms with Crippen LogP contribution in [0, 0.1) is 11.8 Å². The highest BCUT2D eigenvalue weighted by Gasteiger charge is 2.26. The van der Waals surface area contributed by atoms with Crippen molar-refractivity contribution in [1.82, 2.24) is 4.98 Å². The second-order valence-electron chi connectivity index (χ2n) is 5.06. The van der Waals surface area contributed by atoms with Crippen LogP contribution < -0.4 is 10.5 Å². The number of nitrogen functional groups attached to an aromatic ring is 1. The van der Waals surface area contributed by atoms with Crippen LogP contribution in [0.4, 0.5) is 5.69 Å². The first-order valence-corrected chi connectivity index (χ1v) is 6.93. The molecule has 0 amide bonds. The van der Waals surface area contributed by atoms with E-state index in [4.69, 9.17) is 10.5 Å². The van der Waals surface area contributed by atoms with Gasteiger partial charge in [0.25, 0.3) is 0 Å². The van der Waals surface area contributed by atoms with Crippen LogP contribution in [0.25, 0.3) is 0 Å². The van der Waals surface area contributed by atoms with E-state index in [0.29, 0.717) is 17.5 Å². The van der Waals surface area contributed by atoms with Crippen molar-refractivity contribution in [2.24, 2.45) is 11.8 Å². The molecule has 1 aromatic rings. The third kappa shape index (κ3) is 3.12. The molecular formula is C13H19BrN2O. The Labute approximate surface area is 111 Å². The predicted octanol–water partition coefficient (Wildman–Crippen LogP) is 3.63. The second-order valence-corrected chi connectivity index (χ2v) is 5.97. The van der Waals surface area contributed by atoms with Gasteiger partial charge in [-0.25, -0.2) is 4.98 Å². The summed E-state index contributed by atoms with van der Waals surface area (Å²) in [5.74, 6) is 2.08. The number of hydrogen-bond donors (Lipinski definition) is 1. The van der Waals surface area contributed by atoms with E-state index in [0.717, 1.165) is 23.2 Å². The van der Waals surface area contributed by atoms with Crippen molar-refractivity contribution in [2.75, 3.05) is 5.73 Å². The van der Waals surface area contributed by atoms with E-state index in [2.05, 4.69) is 34.8 Å². The van der Waals surface area contributed by atoms with Crippen LogP contribution in [0.2, 0.25) is 0 Å². The van der Waals surface area contributed by atoms with Gasteiger partial charge < -0.3 is 10.5 Å². The standard InChI is InChI=1S/C13H19BrN2O/c1-8-3-4-11(5-9(8)2)17-13-12(15)6-10(14)7-16-13/h6-9,11H,3-5,15H2,1-2H3. The number of hydrogen-bond acceptors (Lipinski definition) is 3. The van der Waals surface area contributed by atoms with Crippen LogP contribution in [-0.4, -0.2) is 11.1 Å². The van der Waals surface area contributed by atoms with E-state index in [1.165, 1.54) is 6.42 Å². The SMILES string of the molecule is CC1CCC(Oc2ncc(Br)cc2N)CC1C. The van der Waals surface area contributed by atoms with Crippen molar-refractivity contribution in [3.8, 4) is 5.88 Å². The van der Waals surface area contributed by atoms with E-state index < -0.39 is 0 Å². The van der Waals surface area contributed by atoms with E-state index in [1.807, 2.05) is 6.07 Å². The average Bonchev–Trinajstić information content (AvgIpc) is 2.27. The Hall–Kier alpha value is -0.770. The lowest BCUT2D eigenvalue weighted by molar-refractivity contribution is 0.0972. The largest absolute Gasteiger partial charge is 0.473 e. The lowest BCUT2D eigenvalue weighted by Crippen LogP contribution is -2.29. The lowest BCUT2D eigenvalue weighted by Gasteiger charge is -2.32. The van der Waals surface area contributed by atoms with Crippen molar-refractivity contribution in [2.45, 2.75) is 39.2 Å². The van der Waals surface area contributed by atoms with Gasteiger partial charge in [-0.2, -0.15) is 0 Å². The van der Waals surface area contributed by atoms with Gasteiger partial charge in [0, 0.05) is 10.7 Å². The van der Waals surface area contributed by atoms with Crippen molar-refractivity contribution in [3.05, 3.63) is 16.7 Å². The number of ether oxygens (including phenoxy) is 1. The molecule has 2 N–H and O–H groups in total. The second kappa shape index (κ2) is 5.25. The monoisotopic (exact) mass is 298 g/mol. The molecule has 3 nitrogen and oxygen atoms in total. The Morgan fingerprint density at radius 3 is 2.76 bits per heavy atom. The van der Waals surface area contributed by atoms with Crippen LogP contribution in [0.5, 0.6) is 5.88 Å². The Morgan fingerprint density at radius 1 is 1.35 bits per heavy atom. The highest BCUT2D eigenvalue weighted by molar-refractivity contribution is 9.10. The molecule has 0 spiro atoms. The summed E-state index contributed by atoms with van der Waals surface area (Å²) in [6, 6.07) is 1.83. The van der Waals surface area contributed by atoms with Gasteiger partial charge in [0.2, 0.25) is 5.88 Å². The van der Waals surface area contributed by atoms with Gasteiger partial charge in [0.1, 0.15) is 6.10 Å². The van der Waals surface area contributed by atoms with Gasteiger partial charge in [0.15, 0.2) is 0 Å². The van der Waals surface area contributed by atoms with Crippen molar-refractivity contribution in [1.29, 1.82) is 0 Å². The summed E-state index contributed by atoms with van der Waals surface area (Å²) in [6.45, 7) is 4.60. The summed E-state index contributed by atoms with van der Waals surface area (Å²) in [5.41, 5.74) is 6.49. The molecule has 2 rings (SSSR count). The van der Waals surface area contributed by atoms with Gasteiger partial charge in [-0.15, -0.1) is 0 Å². The minimum atomic E-state index is 0.261. The van der Waals surface area contributed by atoms with Crippen LogP contribution >= 0.6 is 15.9 Å². The molecule has 4 heteroatoms. The van der Waals surface area contributed by atoms with Gasteiger partial charge >= 0.3 is 0 Å². The molecule has 0 saturated heterocycles. The third-order valence-corrected chi connectivity index (χ3v) is 4.11. The summed E-state index contributed by atoms with van der Waals surface area (Å²) in [7, 11) is 0. The normalized spacial score (nSPS) is 29.0. The Balaban J connectivity index is 2.01. The average molecular weight is 299 g/mol. The maximum Gasteiger partial charge on any atom is 0.237 e. The van der Waals surface area contributed by atoms with Gasteiger partial charge in [0.05, 0.1) is 5.69 Å². The molecule has 1 fully saturated rings. The van der Waals surface area contributed by atoms with Gasteiger partial charge in [-0.05, 0) is 53.1 Å². The van der Waals surface area contributed by atoms with E-state index >= 15 is 0 Å². The van der Waals surface area contributed by atoms with Crippen molar-refractivity contribution >= 4 is 21.6 Å². The van der Waals surface area contributed by atoms with E-state index in [9.17, 15) is 0 Å². The fourth-order valence-corrected chi connectivity index (χ4v) is 2.65. The zero-order chi connectivity index (χ0) is 12.4. The van der Waals surface area contributed by atoms with E-state index in [1.54, 1.807) is 6.20 Å². The lowest BCUT2D eigenvalue weighted by atomic mass is 9.80.